The Balaban J connectivity index is 1.73. The fourth-order valence-electron chi connectivity index (χ4n) is 2.00. The molecule has 0 unspecified atom stereocenters. The summed E-state index contributed by atoms with van der Waals surface area (Å²) in [5.74, 6) is 0.0485. The van der Waals surface area contributed by atoms with Crippen LogP contribution in [0, 0.1) is 5.82 Å². The van der Waals surface area contributed by atoms with E-state index in [9.17, 15) is 9.18 Å². The predicted molar refractivity (Wildman–Crippen MR) is 79.7 cm³/mol. The molecule has 2 aromatic heterocycles. The van der Waals surface area contributed by atoms with E-state index in [0.29, 0.717) is 22.6 Å². The van der Waals surface area contributed by atoms with Crippen LogP contribution >= 0.6 is 0 Å². The molecule has 0 aliphatic carbocycles. The summed E-state index contributed by atoms with van der Waals surface area (Å²) in [7, 11) is 0. The molecule has 0 bridgehead atoms. The Morgan fingerprint density at radius 1 is 0.955 bits per heavy atom. The molecule has 0 aliphatic heterocycles. The topological polar surface area (TPSA) is 55.7 Å². The van der Waals surface area contributed by atoms with Crippen LogP contribution in [0.1, 0.15) is 15.9 Å². The van der Waals surface area contributed by atoms with Crippen molar-refractivity contribution in [2.45, 2.75) is 6.42 Å². The number of hydrogen-bond acceptors (Lipinski definition) is 4. The van der Waals surface area contributed by atoms with Crippen molar-refractivity contribution in [2.75, 3.05) is 0 Å². The van der Waals surface area contributed by atoms with Gasteiger partial charge in [0.1, 0.15) is 11.5 Å². The van der Waals surface area contributed by atoms with Gasteiger partial charge in [-0.05, 0) is 42.0 Å². The first-order valence-corrected chi connectivity index (χ1v) is 6.73. The Morgan fingerprint density at radius 3 is 2.32 bits per heavy atom. The maximum Gasteiger partial charge on any atom is 0.178 e. The third kappa shape index (κ3) is 3.20. The van der Waals surface area contributed by atoms with Crippen LogP contribution in [0.25, 0.3) is 11.5 Å². The van der Waals surface area contributed by atoms with Crippen LogP contribution in [0.15, 0.2) is 61.1 Å². The SMILES string of the molecule is O=C(Cc1cnc(-c2ccccn2)nc1)c1ccc(F)cc1. The zero-order valence-corrected chi connectivity index (χ0v) is 11.6. The molecule has 2 heterocycles. The first-order valence-electron chi connectivity index (χ1n) is 6.73. The van der Waals surface area contributed by atoms with Gasteiger partial charge in [-0.1, -0.05) is 6.07 Å². The maximum atomic E-state index is 12.8. The Hall–Kier alpha value is -2.95. The first kappa shape index (κ1) is 14.0. The Morgan fingerprint density at radius 2 is 1.68 bits per heavy atom. The highest BCUT2D eigenvalue weighted by molar-refractivity contribution is 5.97. The van der Waals surface area contributed by atoms with Crippen molar-refractivity contribution in [1.29, 1.82) is 0 Å². The number of ketones is 1. The third-order valence-electron chi connectivity index (χ3n) is 3.13. The van der Waals surface area contributed by atoms with Gasteiger partial charge in [0.05, 0.1) is 0 Å². The molecule has 0 radical (unpaired) electrons. The van der Waals surface area contributed by atoms with Gasteiger partial charge in [-0.15, -0.1) is 0 Å². The molecule has 0 fully saturated rings. The van der Waals surface area contributed by atoms with E-state index in [-0.39, 0.29) is 18.0 Å². The normalized spacial score (nSPS) is 10.4. The monoisotopic (exact) mass is 293 g/mol. The number of halogens is 1. The molecule has 0 spiro atoms. The van der Waals surface area contributed by atoms with E-state index in [4.69, 9.17) is 0 Å². The molecule has 3 rings (SSSR count). The van der Waals surface area contributed by atoms with Gasteiger partial charge in [-0.25, -0.2) is 14.4 Å². The van der Waals surface area contributed by atoms with Crippen LogP contribution in [-0.2, 0) is 6.42 Å². The van der Waals surface area contributed by atoms with Crippen molar-refractivity contribution in [3.63, 3.8) is 0 Å². The van der Waals surface area contributed by atoms with Gasteiger partial charge in [0.25, 0.3) is 0 Å². The van der Waals surface area contributed by atoms with Gasteiger partial charge < -0.3 is 0 Å². The number of rotatable bonds is 4. The average Bonchev–Trinajstić information content (AvgIpc) is 2.57. The van der Waals surface area contributed by atoms with Crippen molar-refractivity contribution >= 4 is 5.78 Å². The molecule has 0 saturated carbocycles. The smallest absolute Gasteiger partial charge is 0.178 e. The molecule has 3 aromatic rings. The fraction of sp³-hybridized carbons (Fsp3) is 0.0588. The highest BCUT2D eigenvalue weighted by atomic mass is 19.1. The molecule has 0 amide bonds. The molecule has 0 aliphatic rings. The lowest BCUT2D eigenvalue weighted by Crippen LogP contribution is -2.05. The lowest BCUT2D eigenvalue weighted by atomic mass is 10.1. The second kappa shape index (κ2) is 6.22. The molecular formula is C17H12FN3O. The van der Waals surface area contributed by atoms with E-state index in [0.717, 1.165) is 0 Å². The molecule has 0 N–H and O–H groups in total. The lowest BCUT2D eigenvalue weighted by Gasteiger charge is -2.03. The largest absolute Gasteiger partial charge is 0.294 e. The van der Waals surface area contributed by atoms with E-state index in [1.165, 1.54) is 24.3 Å². The summed E-state index contributed by atoms with van der Waals surface area (Å²) in [5.41, 5.74) is 1.85. The number of benzene rings is 1. The Labute approximate surface area is 126 Å². The van der Waals surface area contributed by atoms with E-state index in [2.05, 4.69) is 15.0 Å². The zero-order chi connectivity index (χ0) is 15.4. The van der Waals surface area contributed by atoms with Crippen molar-refractivity contribution < 1.29 is 9.18 Å². The summed E-state index contributed by atoms with van der Waals surface area (Å²) in [6.07, 6.45) is 5.07. The maximum absolute atomic E-state index is 12.8. The lowest BCUT2D eigenvalue weighted by molar-refractivity contribution is 0.0992. The minimum Gasteiger partial charge on any atom is -0.294 e. The van der Waals surface area contributed by atoms with Crippen LogP contribution < -0.4 is 0 Å². The number of Topliss-reactive ketones (excluding diaryl/α,β-unsaturated/α-hetero) is 1. The van der Waals surface area contributed by atoms with Gasteiger partial charge in [-0.3, -0.25) is 9.78 Å². The van der Waals surface area contributed by atoms with Crippen LogP contribution in [0.2, 0.25) is 0 Å². The molecular weight excluding hydrogens is 281 g/mol. The number of hydrogen-bond donors (Lipinski definition) is 0. The predicted octanol–water partition coefficient (Wildman–Crippen LogP) is 3.10. The van der Waals surface area contributed by atoms with Crippen LogP contribution in [0.5, 0.6) is 0 Å². The van der Waals surface area contributed by atoms with Crippen molar-refractivity contribution in [3.8, 4) is 11.5 Å². The number of aromatic nitrogens is 3. The minimum atomic E-state index is -0.361. The summed E-state index contributed by atoms with van der Waals surface area (Å²) in [4.78, 5) is 24.7. The molecule has 4 nitrogen and oxygen atoms in total. The van der Waals surface area contributed by atoms with Crippen LogP contribution in [-0.4, -0.2) is 20.7 Å². The minimum absolute atomic E-state index is 0.103. The summed E-state index contributed by atoms with van der Waals surface area (Å²) in [6.45, 7) is 0. The van der Waals surface area contributed by atoms with E-state index in [1.807, 2.05) is 18.2 Å². The van der Waals surface area contributed by atoms with Crippen molar-refractivity contribution in [2.24, 2.45) is 0 Å². The van der Waals surface area contributed by atoms with Gasteiger partial charge >= 0.3 is 0 Å². The van der Waals surface area contributed by atoms with Gasteiger partial charge in [0, 0.05) is 30.6 Å². The number of carbonyl (C=O) groups excluding carboxylic acids is 1. The quantitative estimate of drug-likeness (QED) is 0.694. The molecule has 5 heteroatoms. The van der Waals surface area contributed by atoms with E-state index >= 15 is 0 Å². The van der Waals surface area contributed by atoms with Crippen LogP contribution in [0.4, 0.5) is 4.39 Å². The van der Waals surface area contributed by atoms with Gasteiger partial charge in [-0.2, -0.15) is 0 Å². The van der Waals surface area contributed by atoms with Crippen molar-refractivity contribution in [3.05, 3.63) is 78.0 Å². The first-order chi connectivity index (χ1) is 10.7. The Kier molecular flexibility index (Phi) is 3.96. The highest BCUT2D eigenvalue weighted by Crippen LogP contribution is 2.12. The Bertz CT molecular complexity index is 771. The summed E-state index contributed by atoms with van der Waals surface area (Å²) >= 11 is 0. The second-order valence-electron chi connectivity index (χ2n) is 4.74. The zero-order valence-electron chi connectivity index (χ0n) is 11.6. The summed E-state index contributed by atoms with van der Waals surface area (Å²) in [5, 5.41) is 0. The van der Waals surface area contributed by atoms with Crippen LogP contribution in [0.3, 0.4) is 0 Å². The number of carbonyl (C=O) groups is 1. The van der Waals surface area contributed by atoms with Gasteiger partial charge in [0.15, 0.2) is 11.6 Å². The molecule has 108 valence electrons. The van der Waals surface area contributed by atoms with Gasteiger partial charge in [0.2, 0.25) is 0 Å². The molecule has 22 heavy (non-hydrogen) atoms. The fourth-order valence-corrected chi connectivity index (χ4v) is 2.00. The molecule has 1 aromatic carbocycles. The standard InChI is InChI=1S/C17H12FN3O/c18-14-6-4-13(5-7-14)16(22)9-12-10-20-17(21-11-12)15-3-1-2-8-19-15/h1-8,10-11H,9H2. The molecule has 0 atom stereocenters. The second-order valence-corrected chi connectivity index (χ2v) is 4.74. The summed E-state index contributed by atoms with van der Waals surface area (Å²) in [6, 6.07) is 11.0. The van der Waals surface area contributed by atoms with Crippen molar-refractivity contribution in [1.82, 2.24) is 15.0 Å². The number of pyridine rings is 1. The number of nitrogens with zero attached hydrogens (tertiary/aromatic N) is 3. The summed E-state index contributed by atoms with van der Waals surface area (Å²) < 4.78 is 12.8. The van der Waals surface area contributed by atoms with E-state index < -0.39 is 0 Å². The third-order valence-corrected chi connectivity index (χ3v) is 3.13. The highest BCUT2D eigenvalue weighted by Gasteiger charge is 2.09. The van der Waals surface area contributed by atoms with E-state index in [1.54, 1.807) is 18.6 Å². The average molecular weight is 293 g/mol. The molecule has 0 saturated heterocycles.